The third-order valence-corrected chi connectivity index (χ3v) is 6.08. The second-order valence-corrected chi connectivity index (χ2v) is 8.49. The van der Waals surface area contributed by atoms with Crippen molar-refractivity contribution >= 4 is 33.4 Å². The van der Waals surface area contributed by atoms with Gasteiger partial charge in [-0.25, -0.2) is 4.98 Å². The summed E-state index contributed by atoms with van der Waals surface area (Å²) in [6.45, 7) is 3.69. The summed E-state index contributed by atoms with van der Waals surface area (Å²) in [4.78, 5) is 30.9. The van der Waals surface area contributed by atoms with Gasteiger partial charge < -0.3 is 10.0 Å². The van der Waals surface area contributed by atoms with E-state index in [4.69, 9.17) is 4.98 Å². The number of carboxylic acid groups (broad SMARTS) is 1. The molecular weight excluding hydrogens is 372 g/mol. The molecule has 5 nitrogen and oxygen atoms in total. The van der Waals surface area contributed by atoms with Gasteiger partial charge in [-0.1, -0.05) is 49.4 Å². The molecule has 3 aromatic rings. The number of carbonyl (C=O) groups is 2. The van der Waals surface area contributed by atoms with Crippen LogP contribution in [0.15, 0.2) is 54.6 Å². The molecule has 2 aromatic carbocycles. The minimum atomic E-state index is -0.910. The molecule has 1 amide bonds. The van der Waals surface area contributed by atoms with Gasteiger partial charge in [-0.3, -0.25) is 9.59 Å². The highest BCUT2D eigenvalue weighted by Crippen LogP contribution is 2.33. The quantitative estimate of drug-likeness (QED) is 0.656. The van der Waals surface area contributed by atoms with E-state index in [1.165, 1.54) is 4.90 Å². The number of aliphatic carboxylic acids is 1. The molecule has 0 bridgehead atoms. The molecular formula is C22H24N2O3S. The number of likely N-dealkylation sites (N-methyl/N-ethyl adjacent to an activating group) is 1. The zero-order valence-electron chi connectivity index (χ0n) is 16.3. The minimum absolute atomic E-state index is 0.106. The van der Waals surface area contributed by atoms with E-state index in [2.05, 4.69) is 0 Å². The van der Waals surface area contributed by atoms with E-state index in [1.54, 1.807) is 25.3 Å². The fourth-order valence-corrected chi connectivity index (χ4v) is 4.52. The molecule has 1 N–H and O–H groups in total. The highest BCUT2D eigenvalue weighted by Gasteiger charge is 2.39. The van der Waals surface area contributed by atoms with E-state index in [0.717, 1.165) is 20.8 Å². The van der Waals surface area contributed by atoms with E-state index in [0.29, 0.717) is 6.42 Å². The molecule has 0 aliphatic carbocycles. The van der Waals surface area contributed by atoms with Crippen molar-refractivity contribution < 1.29 is 14.7 Å². The molecule has 1 aromatic heterocycles. The number of para-hydroxylation sites is 1. The van der Waals surface area contributed by atoms with Crippen LogP contribution in [-0.4, -0.2) is 40.5 Å². The van der Waals surface area contributed by atoms with Crippen LogP contribution < -0.4 is 0 Å². The molecule has 0 saturated carbocycles. The fraction of sp³-hybridized carbons (Fsp3) is 0.318. The topological polar surface area (TPSA) is 70.5 Å². The first-order chi connectivity index (χ1) is 13.3. The smallest absolute Gasteiger partial charge is 0.308 e. The lowest BCUT2D eigenvalue weighted by molar-refractivity contribution is -0.143. The molecule has 0 spiro atoms. The lowest BCUT2D eigenvalue weighted by atomic mass is 9.78. The summed E-state index contributed by atoms with van der Waals surface area (Å²) in [6.07, 6.45) is 0.459. The molecule has 2 atom stereocenters. The third-order valence-electron chi connectivity index (χ3n) is 5.04. The van der Waals surface area contributed by atoms with Gasteiger partial charge in [-0.15, -0.1) is 11.3 Å². The maximum absolute atomic E-state index is 13.5. The fourth-order valence-electron chi connectivity index (χ4n) is 3.40. The van der Waals surface area contributed by atoms with E-state index in [9.17, 15) is 14.7 Å². The second-order valence-electron chi connectivity index (χ2n) is 7.38. The normalized spacial score (nSPS) is 14.4. The van der Waals surface area contributed by atoms with Crippen molar-refractivity contribution in [2.24, 2.45) is 5.92 Å². The number of amides is 1. The van der Waals surface area contributed by atoms with Crippen LogP contribution in [0.25, 0.3) is 10.2 Å². The monoisotopic (exact) mass is 396 g/mol. The summed E-state index contributed by atoms with van der Waals surface area (Å²) in [5, 5.41) is 10.1. The number of nitrogens with zero attached hydrogens (tertiary/aromatic N) is 2. The summed E-state index contributed by atoms with van der Waals surface area (Å²) in [7, 11) is 1.67. The van der Waals surface area contributed by atoms with Gasteiger partial charge in [0.05, 0.1) is 26.6 Å². The molecule has 28 heavy (non-hydrogen) atoms. The average molecular weight is 397 g/mol. The van der Waals surface area contributed by atoms with Crippen LogP contribution in [0.3, 0.4) is 0 Å². The maximum atomic E-state index is 13.5. The zero-order chi connectivity index (χ0) is 20.3. The van der Waals surface area contributed by atoms with Gasteiger partial charge in [-0.05, 0) is 24.6 Å². The van der Waals surface area contributed by atoms with Crippen molar-refractivity contribution in [2.45, 2.75) is 25.7 Å². The van der Waals surface area contributed by atoms with Crippen LogP contribution in [-0.2, 0) is 21.4 Å². The number of thiazole rings is 1. The van der Waals surface area contributed by atoms with Gasteiger partial charge in [0.1, 0.15) is 0 Å². The van der Waals surface area contributed by atoms with E-state index in [1.807, 2.05) is 61.5 Å². The summed E-state index contributed by atoms with van der Waals surface area (Å²) >= 11 is 1.59. The SMILES string of the molecule is CC(CN(C)C(=O)C(C)(Cc1nc2ccccc2s1)c1ccccc1)C(=O)O. The number of fused-ring (bicyclic) bond motifs is 1. The predicted octanol–water partition coefficient (Wildman–Crippen LogP) is 3.98. The van der Waals surface area contributed by atoms with E-state index >= 15 is 0 Å². The number of aromatic nitrogens is 1. The lowest BCUT2D eigenvalue weighted by Gasteiger charge is -2.33. The van der Waals surface area contributed by atoms with Crippen molar-refractivity contribution in [3.63, 3.8) is 0 Å². The Morgan fingerprint density at radius 1 is 1.14 bits per heavy atom. The van der Waals surface area contributed by atoms with Crippen molar-refractivity contribution in [2.75, 3.05) is 13.6 Å². The zero-order valence-corrected chi connectivity index (χ0v) is 17.1. The Morgan fingerprint density at radius 2 is 1.79 bits per heavy atom. The Bertz CT molecular complexity index is 953. The molecule has 0 radical (unpaired) electrons. The van der Waals surface area contributed by atoms with Gasteiger partial charge in [0, 0.05) is 20.0 Å². The van der Waals surface area contributed by atoms with Crippen LogP contribution in [0.5, 0.6) is 0 Å². The lowest BCUT2D eigenvalue weighted by Crippen LogP contribution is -2.46. The molecule has 146 valence electrons. The van der Waals surface area contributed by atoms with Crippen LogP contribution in [0.1, 0.15) is 24.4 Å². The first-order valence-corrected chi connectivity index (χ1v) is 10.0. The van der Waals surface area contributed by atoms with E-state index < -0.39 is 17.3 Å². The van der Waals surface area contributed by atoms with Crippen molar-refractivity contribution in [3.8, 4) is 0 Å². The molecule has 1 heterocycles. The van der Waals surface area contributed by atoms with Gasteiger partial charge in [-0.2, -0.15) is 0 Å². The number of carbonyl (C=O) groups excluding carboxylic acids is 1. The van der Waals surface area contributed by atoms with Gasteiger partial charge in [0.25, 0.3) is 0 Å². The molecule has 0 aliphatic heterocycles. The number of benzene rings is 2. The van der Waals surface area contributed by atoms with Crippen LogP contribution >= 0.6 is 11.3 Å². The molecule has 2 unspecified atom stereocenters. The van der Waals surface area contributed by atoms with Crippen molar-refractivity contribution in [1.82, 2.24) is 9.88 Å². The van der Waals surface area contributed by atoms with Crippen LogP contribution in [0.2, 0.25) is 0 Å². The summed E-state index contributed by atoms with van der Waals surface area (Å²) in [5.41, 5.74) is 0.995. The highest BCUT2D eigenvalue weighted by molar-refractivity contribution is 7.18. The highest BCUT2D eigenvalue weighted by atomic mass is 32.1. The van der Waals surface area contributed by atoms with E-state index in [-0.39, 0.29) is 12.5 Å². The Labute approximate surface area is 168 Å². The summed E-state index contributed by atoms with van der Waals surface area (Å²) in [5.74, 6) is -1.64. The van der Waals surface area contributed by atoms with Crippen molar-refractivity contribution in [1.29, 1.82) is 0 Å². The largest absolute Gasteiger partial charge is 0.481 e. The number of hydrogen-bond donors (Lipinski definition) is 1. The van der Waals surface area contributed by atoms with Crippen LogP contribution in [0, 0.1) is 5.92 Å². The Morgan fingerprint density at radius 3 is 2.43 bits per heavy atom. The minimum Gasteiger partial charge on any atom is -0.481 e. The molecule has 0 fully saturated rings. The first-order valence-electron chi connectivity index (χ1n) is 9.19. The second kappa shape index (κ2) is 8.10. The molecule has 6 heteroatoms. The molecule has 3 rings (SSSR count). The number of rotatable bonds is 7. The molecule has 0 aliphatic rings. The Kier molecular flexibility index (Phi) is 5.79. The average Bonchev–Trinajstić information content (AvgIpc) is 3.09. The maximum Gasteiger partial charge on any atom is 0.308 e. The number of carboxylic acids is 1. The van der Waals surface area contributed by atoms with Gasteiger partial charge in [0.15, 0.2) is 0 Å². The Balaban J connectivity index is 1.95. The van der Waals surface area contributed by atoms with Gasteiger partial charge in [0.2, 0.25) is 5.91 Å². The Hall–Kier alpha value is -2.73. The first kappa shape index (κ1) is 20.0. The summed E-state index contributed by atoms with van der Waals surface area (Å²) < 4.78 is 1.09. The molecule has 0 saturated heterocycles. The number of hydrogen-bond acceptors (Lipinski definition) is 4. The predicted molar refractivity (Wildman–Crippen MR) is 112 cm³/mol. The third kappa shape index (κ3) is 4.07. The summed E-state index contributed by atoms with van der Waals surface area (Å²) in [6, 6.07) is 17.6. The van der Waals surface area contributed by atoms with Gasteiger partial charge >= 0.3 is 5.97 Å². The van der Waals surface area contributed by atoms with Crippen molar-refractivity contribution in [3.05, 3.63) is 65.2 Å². The standard InChI is InChI=1S/C22H24N2O3S/c1-15(20(25)26)14-24(3)21(27)22(2,16-9-5-4-6-10-16)13-19-23-17-11-7-8-12-18(17)28-19/h4-12,15H,13-14H2,1-3H3,(H,25,26). The van der Waals surface area contributed by atoms with Crippen LogP contribution in [0.4, 0.5) is 0 Å².